The van der Waals surface area contributed by atoms with Crippen LogP contribution in [0.15, 0.2) is 18.2 Å². The molecule has 0 aliphatic carbocycles. The van der Waals surface area contributed by atoms with Crippen molar-refractivity contribution < 1.29 is 27.4 Å². The smallest absolute Gasteiger partial charge is 0.425 e. The highest BCUT2D eigenvalue weighted by Gasteiger charge is 2.38. The van der Waals surface area contributed by atoms with Gasteiger partial charge in [-0.1, -0.05) is 11.6 Å². The maximum atomic E-state index is 12.3. The fraction of sp³-hybridized carbons (Fsp3) is 0.364. The molecule has 0 aliphatic heterocycles. The first kappa shape index (κ1) is 14.6. The lowest BCUT2D eigenvalue weighted by atomic mass is 10.2. The molecule has 100 valence electrons. The molecule has 0 N–H and O–H groups in total. The summed E-state index contributed by atoms with van der Waals surface area (Å²) in [5.74, 6) is -0.776. The summed E-state index contributed by atoms with van der Waals surface area (Å²) in [5.41, 5.74) is 0.134. The fourth-order valence-corrected chi connectivity index (χ4v) is 1.32. The van der Waals surface area contributed by atoms with Crippen molar-refractivity contribution >= 4 is 17.6 Å². The topological polar surface area (TPSA) is 35.5 Å². The zero-order valence-electron chi connectivity index (χ0n) is 9.55. The molecule has 0 bridgehead atoms. The first-order chi connectivity index (χ1) is 8.25. The van der Waals surface area contributed by atoms with Crippen molar-refractivity contribution in [1.29, 1.82) is 0 Å². The highest BCUT2D eigenvalue weighted by Crippen LogP contribution is 2.30. The summed E-state index contributed by atoms with van der Waals surface area (Å²) < 4.78 is 46.0. The molecule has 3 nitrogen and oxygen atoms in total. The minimum absolute atomic E-state index is 0.0889. The number of alkyl halides is 3. The van der Waals surface area contributed by atoms with Gasteiger partial charge in [-0.3, -0.25) is 0 Å². The van der Waals surface area contributed by atoms with Gasteiger partial charge in [-0.15, -0.1) is 0 Å². The van der Waals surface area contributed by atoms with Gasteiger partial charge in [0.25, 0.3) is 0 Å². The highest BCUT2D eigenvalue weighted by atomic mass is 35.5. The van der Waals surface area contributed by atoms with Crippen LogP contribution >= 0.6 is 11.6 Å². The van der Waals surface area contributed by atoms with E-state index in [2.05, 4.69) is 9.47 Å². The monoisotopic (exact) mass is 282 g/mol. The second-order valence-corrected chi connectivity index (χ2v) is 3.85. The van der Waals surface area contributed by atoms with Crippen LogP contribution in [0.2, 0.25) is 5.02 Å². The highest BCUT2D eigenvalue weighted by molar-refractivity contribution is 6.32. The SMILES string of the molecule is COC(=O)c1ccc(O[C@@H](C)C(F)(F)F)c(Cl)c1. The third kappa shape index (κ3) is 3.53. The van der Waals surface area contributed by atoms with Gasteiger partial charge < -0.3 is 9.47 Å². The molecule has 1 atom stereocenters. The number of halogens is 4. The second kappa shape index (κ2) is 5.48. The van der Waals surface area contributed by atoms with Crippen LogP contribution < -0.4 is 4.74 Å². The quantitative estimate of drug-likeness (QED) is 0.797. The largest absolute Gasteiger partial charge is 0.480 e. The Bertz CT molecular complexity index is 446. The average molecular weight is 283 g/mol. The summed E-state index contributed by atoms with van der Waals surface area (Å²) in [6.07, 6.45) is -6.47. The van der Waals surface area contributed by atoms with Gasteiger partial charge in [0.2, 0.25) is 0 Å². The molecule has 0 amide bonds. The maximum Gasteiger partial charge on any atom is 0.425 e. The summed E-state index contributed by atoms with van der Waals surface area (Å²) >= 11 is 5.72. The van der Waals surface area contributed by atoms with Gasteiger partial charge in [-0.05, 0) is 25.1 Å². The third-order valence-electron chi connectivity index (χ3n) is 2.12. The molecule has 0 saturated carbocycles. The number of hydrogen-bond donors (Lipinski definition) is 0. The molecule has 0 aromatic heterocycles. The molecule has 1 aromatic carbocycles. The molecule has 1 rings (SSSR count). The Labute approximate surface area is 106 Å². The molecule has 0 aliphatic rings. The van der Waals surface area contributed by atoms with Crippen molar-refractivity contribution in [2.45, 2.75) is 19.2 Å². The molecule has 7 heteroatoms. The Balaban J connectivity index is 2.90. The molecule has 0 heterocycles. The molecular formula is C11H10ClF3O3. The number of hydrogen-bond acceptors (Lipinski definition) is 3. The van der Waals surface area contributed by atoms with Crippen LogP contribution in [-0.2, 0) is 4.74 Å². The zero-order chi connectivity index (χ0) is 13.9. The lowest BCUT2D eigenvalue weighted by Gasteiger charge is -2.18. The van der Waals surface area contributed by atoms with Crippen LogP contribution in [0.5, 0.6) is 5.75 Å². The lowest BCUT2D eigenvalue weighted by Crippen LogP contribution is -2.31. The normalized spacial score (nSPS) is 13.0. The van der Waals surface area contributed by atoms with Crippen molar-refractivity contribution in [2.75, 3.05) is 7.11 Å². The standard InChI is InChI=1S/C11H10ClF3O3/c1-6(11(13,14)15)18-9-4-3-7(5-8(9)12)10(16)17-2/h3-6H,1-2H3/t6-/m0/s1. The average Bonchev–Trinajstić information content (AvgIpc) is 2.29. The second-order valence-electron chi connectivity index (χ2n) is 3.44. The van der Waals surface area contributed by atoms with E-state index in [4.69, 9.17) is 11.6 Å². The van der Waals surface area contributed by atoms with Crippen molar-refractivity contribution in [3.05, 3.63) is 28.8 Å². The molecule has 0 fully saturated rings. The number of rotatable bonds is 3. The van der Waals surface area contributed by atoms with Crippen LogP contribution in [0.3, 0.4) is 0 Å². The van der Waals surface area contributed by atoms with Crippen molar-refractivity contribution in [1.82, 2.24) is 0 Å². The molecule has 18 heavy (non-hydrogen) atoms. The van der Waals surface area contributed by atoms with Gasteiger partial charge >= 0.3 is 12.1 Å². The Morgan fingerprint density at radius 1 is 1.39 bits per heavy atom. The van der Waals surface area contributed by atoms with Gasteiger partial charge in [-0.25, -0.2) is 4.79 Å². The first-order valence-corrected chi connectivity index (χ1v) is 5.24. The number of benzene rings is 1. The van der Waals surface area contributed by atoms with Crippen LogP contribution in [0.25, 0.3) is 0 Å². The van der Waals surface area contributed by atoms with Crippen molar-refractivity contribution in [3.8, 4) is 5.75 Å². The van der Waals surface area contributed by atoms with E-state index in [0.717, 1.165) is 6.92 Å². The van der Waals surface area contributed by atoms with Crippen LogP contribution in [0.4, 0.5) is 13.2 Å². The van der Waals surface area contributed by atoms with Crippen molar-refractivity contribution in [2.24, 2.45) is 0 Å². The van der Waals surface area contributed by atoms with E-state index in [9.17, 15) is 18.0 Å². The lowest BCUT2D eigenvalue weighted by molar-refractivity contribution is -0.189. The van der Waals surface area contributed by atoms with Crippen LogP contribution in [-0.4, -0.2) is 25.4 Å². The Hall–Kier alpha value is -1.43. The Morgan fingerprint density at radius 3 is 2.44 bits per heavy atom. The molecule has 0 spiro atoms. The molecule has 1 aromatic rings. The Morgan fingerprint density at radius 2 is 2.00 bits per heavy atom. The zero-order valence-corrected chi connectivity index (χ0v) is 10.3. The minimum Gasteiger partial charge on any atom is -0.480 e. The number of carbonyl (C=O) groups excluding carboxylic acids is 1. The third-order valence-corrected chi connectivity index (χ3v) is 2.41. The number of carbonyl (C=O) groups is 1. The summed E-state index contributed by atoms with van der Waals surface area (Å²) in [7, 11) is 1.19. The predicted octanol–water partition coefficient (Wildman–Crippen LogP) is 3.46. The van der Waals surface area contributed by atoms with Crippen LogP contribution in [0.1, 0.15) is 17.3 Å². The van der Waals surface area contributed by atoms with Gasteiger partial charge in [0.05, 0.1) is 17.7 Å². The van der Waals surface area contributed by atoms with Crippen LogP contribution in [0, 0.1) is 0 Å². The van der Waals surface area contributed by atoms with E-state index in [1.54, 1.807) is 0 Å². The van der Waals surface area contributed by atoms with Gasteiger partial charge in [0.15, 0.2) is 6.10 Å². The minimum atomic E-state index is -4.48. The summed E-state index contributed by atoms with van der Waals surface area (Å²) in [5, 5.41) is -0.0889. The van der Waals surface area contributed by atoms with E-state index in [-0.39, 0.29) is 16.3 Å². The van der Waals surface area contributed by atoms with E-state index in [0.29, 0.717) is 0 Å². The summed E-state index contributed by atoms with van der Waals surface area (Å²) in [6.45, 7) is 0.866. The van der Waals surface area contributed by atoms with E-state index in [1.165, 1.54) is 25.3 Å². The van der Waals surface area contributed by atoms with E-state index < -0.39 is 18.2 Å². The van der Waals surface area contributed by atoms with Gasteiger partial charge in [0.1, 0.15) is 5.75 Å². The Kier molecular flexibility index (Phi) is 4.45. The summed E-state index contributed by atoms with van der Waals surface area (Å²) in [4.78, 5) is 11.2. The molecule has 0 unspecified atom stereocenters. The van der Waals surface area contributed by atoms with E-state index >= 15 is 0 Å². The van der Waals surface area contributed by atoms with Gasteiger partial charge in [0, 0.05) is 0 Å². The number of esters is 1. The number of methoxy groups -OCH3 is 1. The van der Waals surface area contributed by atoms with Crippen molar-refractivity contribution in [3.63, 3.8) is 0 Å². The molecule has 0 saturated heterocycles. The van der Waals surface area contributed by atoms with Gasteiger partial charge in [-0.2, -0.15) is 13.2 Å². The first-order valence-electron chi connectivity index (χ1n) is 4.87. The molecule has 0 radical (unpaired) electrons. The number of ether oxygens (including phenoxy) is 2. The van der Waals surface area contributed by atoms with E-state index in [1.807, 2.05) is 0 Å². The fourth-order valence-electron chi connectivity index (χ4n) is 1.10. The molecular weight excluding hydrogens is 273 g/mol. The predicted molar refractivity (Wildman–Crippen MR) is 58.9 cm³/mol. The maximum absolute atomic E-state index is 12.3. The summed E-state index contributed by atoms with van der Waals surface area (Å²) in [6, 6.07) is 3.65.